The molecule has 5 nitrogen and oxygen atoms in total. The first-order valence-electron chi connectivity index (χ1n) is 8.90. The highest BCUT2D eigenvalue weighted by molar-refractivity contribution is 9.10. The van der Waals surface area contributed by atoms with E-state index < -0.39 is 0 Å². The smallest absolute Gasteiger partial charge is 0.161 e. The van der Waals surface area contributed by atoms with E-state index in [1.165, 1.54) is 11.1 Å². The fraction of sp³-hybridized carbons (Fsp3) is 0.286. The Morgan fingerprint density at radius 1 is 1.11 bits per heavy atom. The highest BCUT2D eigenvalue weighted by atomic mass is 79.9. The average molecular weight is 428 g/mol. The minimum atomic E-state index is 0.225. The molecule has 3 aromatic rings. The van der Waals surface area contributed by atoms with Crippen molar-refractivity contribution in [3.63, 3.8) is 0 Å². The SMILES string of the molecule is COc1cc2c(cc1OC)C(C(C)C)c1c-2n[nH]c1Nc1cccc(Br)c1. The van der Waals surface area contributed by atoms with Gasteiger partial charge in [0.15, 0.2) is 11.5 Å². The summed E-state index contributed by atoms with van der Waals surface area (Å²) in [6, 6.07) is 12.2. The minimum absolute atomic E-state index is 0.225. The maximum absolute atomic E-state index is 5.53. The van der Waals surface area contributed by atoms with Gasteiger partial charge in [0.25, 0.3) is 0 Å². The lowest BCUT2D eigenvalue weighted by molar-refractivity contribution is 0.354. The van der Waals surface area contributed by atoms with Gasteiger partial charge in [0.05, 0.1) is 19.9 Å². The van der Waals surface area contributed by atoms with E-state index in [9.17, 15) is 0 Å². The Bertz CT molecular complexity index is 997. The van der Waals surface area contributed by atoms with Crippen molar-refractivity contribution in [2.75, 3.05) is 19.5 Å². The van der Waals surface area contributed by atoms with Crippen LogP contribution in [0, 0.1) is 5.92 Å². The number of hydrogen-bond acceptors (Lipinski definition) is 4. The van der Waals surface area contributed by atoms with Crippen LogP contribution in [0.25, 0.3) is 11.3 Å². The number of ether oxygens (including phenoxy) is 2. The largest absolute Gasteiger partial charge is 0.493 e. The molecule has 1 atom stereocenters. The fourth-order valence-electron chi connectivity index (χ4n) is 3.87. The quantitative estimate of drug-likeness (QED) is 0.547. The molecule has 4 rings (SSSR count). The van der Waals surface area contributed by atoms with E-state index in [4.69, 9.17) is 9.47 Å². The summed E-state index contributed by atoms with van der Waals surface area (Å²) in [7, 11) is 3.33. The number of halogens is 1. The maximum atomic E-state index is 5.53. The van der Waals surface area contributed by atoms with Gasteiger partial charge in [-0.1, -0.05) is 35.8 Å². The lowest BCUT2D eigenvalue weighted by Gasteiger charge is -2.20. The Morgan fingerprint density at radius 3 is 2.52 bits per heavy atom. The summed E-state index contributed by atoms with van der Waals surface area (Å²) in [5, 5.41) is 11.3. The van der Waals surface area contributed by atoms with Gasteiger partial charge in [-0.15, -0.1) is 0 Å². The molecule has 0 fully saturated rings. The standard InChI is InChI=1S/C21H22BrN3O2/c1-11(2)18-14-9-16(26-3)17(27-4)10-15(14)20-19(18)21(25-24-20)23-13-7-5-6-12(22)8-13/h5-11,18H,1-4H3,(H2,23,24,25). The molecule has 2 N–H and O–H groups in total. The van der Waals surface area contributed by atoms with Crippen LogP contribution in [0.4, 0.5) is 11.5 Å². The predicted molar refractivity (Wildman–Crippen MR) is 111 cm³/mol. The number of methoxy groups -OCH3 is 2. The first-order chi connectivity index (χ1) is 13.0. The second-order valence-corrected chi connectivity index (χ2v) is 7.93. The van der Waals surface area contributed by atoms with E-state index >= 15 is 0 Å². The van der Waals surface area contributed by atoms with Crippen LogP contribution >= 0.6 is 15.9 Å². The van der Waals surface area contributed by atoms with Gasteiger partial charge in [0.2, 0.25) is 0 Å². The van der Waals surface area contributed by atoms with Gasteiger partial charge >= 0.3 is 0 Å². The van der Waals surface area contributed by atoms with Crippen LogP contribution in [0.5, 0.6) is 11.5 Å². The van der Waals surface area contributed by atoms with Gasteiger partial charge in [-0.05, 0) is 41.8 Å². The number of H-pyrrole nitrogens is 1. The van der Waals surface area contributed by atoms with Gasteiger partial charge < -0.3 is 14.8 Å². The molecule has 1 aliphatic rings. The molecule has 2 aromatic carbocycles. The van der Waals surface area contributed by atoms with Gasteiger partial charge in [-0.2, -0.15) is 5.10 Å². The molecule has 1 unspecified atom stereocenters. The predicted octanol–water partition coefficient (Wildman–Crippen LogP) is 5.70. The third kappa shape index (κ3) is 2.98. The number of benzene rings is 2. The van der Waals surface area contributed by atoms with Gasteiger partial charge in [0.1, 0.15) is 5.82 Å². The third-order valence-electron chi connectivity index (χ3n) is 5.02. The molecular weight excluding hydrogens is 406 g/mol. The van der Waals surface area contributed by atoms with Crippen molar-refractivity contribution in [1.82, 2.24) is 10.2 Å². The van der Waals surface area contributed by atoms with Crippen LogP contribution in [0.15, 0.2) is 40.9 Å². The van der Waals surface area contributed by atoms with Crippen LogP contribution in [-0.4, -0.2) is 24.4 Å². The highest BCUT2D eigenvalue weighted by Gasteiger charge is 2.37. The number of nitrogens with one attached hydrogen (secondary N) is 2. The Kier molecular flexibility index (Phi) is 4.60. The van der Waals surface area contributed by atoms with Crippen molar-refractivity contribution >= 4 is 27.4 Å². The summed E-state index contributed by atoms with van der Waals surface area (Å²) in [6.45, 7) is 4.46. The van der Waals surface area contributed by atoms with Crippen molar-refractivity contribution < 1.29 is 9.47 Å². The van der Waals surface area contributed by atoms with Crippen molar-refractivity contribution in [2.45, 2.75) is 19.8 Å². The van der Waals surface area contributed by atoms with Crippen LogP contribution in [0.2, 0.25) is 0 Å². The summed E-state index contributed by atoms with van der Waals surface area (Å²) in [6.07, 6.45) is 0. The summed E-state index contributed by atoms with van der Waals surface area (Å²) in [5.74, 6) is 3.02. The lowest BCUT2D eigenvalue weighted by atomic mass is 9.87. The molecule has 0 spiro atoms. The number of aromatic nitrogens is 2. The fourth-order valence-corrected chi connectivity index (χ4v) is 4.27. The lowest BCUT2D eigenvalue weighted by Crippen LogP contribution is -2.07. The zero-order valence-corrected chi connectivity index (χ0v) is 17.3. The Hall–Kier alpha value is -2.47. The zero-order chi connectivity index (χ0) is 19.1. The monoisotopic (exact) mass is 427 g/mol. The zero-order valence-electron chi connectivity index (χ0n) is 15.8. The van der Waals surface area contributed by atoms with E-state index in [0.717, 1.165) is 38.7 Å². The molecule has 1 aliphatic carbocycles. The summed E-state index contributed by atoms with van der Waals surface area (Å²) in [4.78, 5) is 0. The van der Waals surface area contributed by atoms with Gasteiger partial charge in [-0.3, -0.25) is 5.10 Å². The van der Waals surface area contributed by atoms with Crippen LogP contribution in [-0.2, 0) is 0 Å². The average Bonchev–Trinajstić information content (AvgIpc) is 3.18. The number of rotatable bonds is 5. The first-order valence-corrected chi connectivity index (χ1v) is 9.70. The molecule has 0 radical (unpaired) electrons. The number of fused-ring (bicyclic) bond motifs is 3. The Balaban J connectivity index is 1.83. The molecule has 27 heavy (non-hydrogen) atoms. The van der Waals surface area contributed by atoms with Crippen LogP contribution < -0.4 is 14.8 Å². The minimum Gasteiger partial charge on any atom is -0.493 e. The molecule has 1 aromatic heterocycles. The summed E-state index contributed by atoms with van der Waals surface area (Å²) in [5.41, 5.74) is 5.49. The maximum Gasteiger partial charge on any atom is 0.161 e. The third-order valence-corrected chi connectivity index (χ3v) is 5.51. The molecule has 0 saturated carbocycles. The van der Waals surface area contributed by atoms with E-state index in [1.54, 1.807) is 14.2 Å². The van der Waals surface area contributed by atoms with Gasteiger partial charge in [-0.25, -0.2) is 0 Å². The van der Waals surface area contributed by atoms with Crippen LogP contribution in [0.1, 0.15) is 30.9 Å². The van der Waals surface area contributed by atoms with Crippen molar-refractivity contribution in [1.29, 1.82) is 0 Å². The van der Waals surface area contributed by atoms with E-state index in [2.05, 4.69) is 51.4 Å². The van der Waals surface area contributed by atoms with E-state index in [-0.39, 0.29) is 5.92 Å². The Morgan fingerprint density at radius 2 is 1.85 bits per heavy atom. The van der Waals surface area contributed by atoms with Crippen molar-refractivity contribution in [3.05, 3.63) is 52.0 Å². The Labute approximate surface area is 167 Å². The van der Waals surface area contributed by atoms with E-state index in [1.807, 2.05) is 30.3 Å². The number of hydrogen-bond donors (Lipinski definition) is 2. The number of nitrogens with zero attached hydrogens (tertiary/aromatic N) is 1. The summed E-state index contributed by atoms with van der Waals surface area (Å²) < 4.78 is 12.1. The molecule has 6 heteroatoms. The second kappa shape index (κ2) is 6.93. The molecule has 0 aliphatic heterocycles. The summed E-state index contributed by atoms with van der Waals surface area (Å²) >= 11 is 3.53. The molecule has 140 valence electrons. The molecular formula is C21H22BrN3O2. The first kappa shape index (κ1) is 17.9. The van der Waals surface area contributed by atoms with Crippen molar-refractivity contribution in [3.8, 4) is 22.8 Å². The van der Waals surface area contributed by atoms with Gasteiger partial charge in [0, 0.05) is 27.2 Å². The molecule has 0 bridgehead atoms. The topological polar surface area (TPSA) is 59.2 Å². The number of anilines is 2. The number of aromatic amines is 1. The van der Waals surface area contributed by atoms with E-state index in [0.29, 0.717) is 5.92 Å². The second-order valence-electron chi connectivity index (χ2n) is 7.01. The van der Waals surface area contributed by atoms with Crippen molar-refractivity contribution in [2.24, 2.45) is 5.92 Å². The molecule has 0 amide bonds. The molecule has 1 heterocycles. The van der Waals surface area contributed by atoms with Crippen LogP contribution in [0.3, 0.4) is 0 Å². The normalized spacial score (nSPS) is 14.8. The highest BCUT2D eigenvalue weighted by Crippen LogP contribution is 2.53. The molecule has 0 saturated heterocycles.